The molecule has 0 N–H and O–H groups in total. The van der Waals surface area contributed by atoms with Crippen molar-refractivity contribution in [2.45, 2.75) is 32.9 Å². The van der Waals surface area contributed by atoms with Crippen LogP contribution in [0.2, 0.25) is 5.15 Å². The van der Waals surface area contributed by atoms with Crippen molar-refractivity contribution < 1.29 is 4.74 Å². The molecule has 2 heterocycles. The molecule has 0 radical (unpaired) electrons. The van der Waals surface area contributed by atoms with Crippen molar-refractivity contribution in [3.05, 3.63) is 29.3 Å². The molecule has 0 saturated carbocycles. The zero-order chi connectivity index (χ0) is 13.8. The molecule has 2 aromatic rings. The maximum Gasteiger partial charge on any atom is 0.159 e. The van der Waals surface area contributed by atoms with Crippen LogP contribution in [0.1, 0.15) is 32.2 Å². The molecule has 0 amide bonds. The summed E-state index contributed by atoms with van der Waals surface area (Å²) in [6.45, 7) is 4.88. The predicted molar refractivity (Wildman–Crippen MR) is 74.0 cm³/mol. The van der Waals surface area contributed by atoms with E-state index in [1.807, 2.05) is 23.9 Å². The number of ether oxygens (including phenoxy) is 1. The smallest absolute Gasteiger partial charge is 0.159 e. The van der Waals surface area contributed by atoms with Gasteiger partial charge in [-0.05, 0) is 19.4 Å². The topological polar surface area (TPSA) is 52.8 Å². The molecular weight excluding hydrogens is 264 g/mol. The average molecular weight is 281 g/mol. The quantitative estimate of drug-likeness (QED) is 0.790. The minimum absolute atomic E-state index is 0.199. The van der Waals surface area contributed by atoms with E-state index in [0.29, 0.717) is 16.7 Å². The number of hydrogen-bond acceptors (Lipinski definition) is 4. The summed E-state index contributed by atoms with van der Waals surface area (Å²) in [5.41, 5.74) is 1.51. The highest BCUT2D eigenvalue weighted by Crippen LogP contribution is 2.21. The fraction of sp³-hybridized carbons (Fsp3) is 0.462. The Labute approximate surface area is 117 Å². The summed E-state index contributed by atoms with van der Waals surface area (Å²) in [5, 5.41) is 4.86. The van der Waals surface area contributed by atoms with Gasteiger partial charge in [-0.3, -0.25) is 4.68 Å². The molecule has 102 valence electrons. The van der Waals surface area contributed by atoms with Gasteiger partial charge >= 0.3 is 0 Å². The Morgan fingerprint density at radius 1 is 1.37 bits per heavy atom. The van der Waals surface area contributed by atoms with E-state index in [0.717, 1.165) is 18.7 Å². The van der Waals surface area contributed by atoms with Crippen molar-refractivity contribution in [3.63, 3.8) is 0 Å². The molecular formula is C13H17ClN4O. The van der Waals surface area contributed by atoms with Crippen molar-refractivity contribution >= 4 is 11.6 Å². The monoisotopic (exact) mass is 280 g/mol. The third-order valence-electron chi connectivity index (χ3n) is 2.79. The van der Waals surface area contributed by atoms with Gasteiger partial charge in [0.2, 0.25) is 0 Å². The minimum Gasteiger partial charge on any atom is -0.374 e. The predicted octanol–water partition coefficient (Wildman–Crippen LogP) is 3.11. The van der Waals surface area contributed by atoms with Crippen LogP contribution in [-0.4, -0.2) is 26.9 Å². The maximum absolute atomic E-state index is 6.03. The molecule has 0 aliphatic carbocycles. The van der Waals surface area contributed by atoms with E-state index in [-0.39, 0.29) is 6.10 Å². The van der Waals surface area contributed by atoms with E-state index >= 15 is 0 Å². The number of hydrogen-bond donors (Lipinski definition) is 0. The summed E-state index contributed by atoms with van der Waals surface area (Å²) in [7, 11) is 1.62. The van der Waals surface area contributed by atoms with Crippen LogP contribution < -0.4 is 0 Å². The zero-order valence-corrected chi connectivity index (χ0v) is 12.1. The van der Waals surface area contributed by atoms with E-state index < -0.39 is 0 Å². The van der Waals surface area contributed by atoms with Gasteiger partial charge in [-0.15, -0.1) is 0 Å². The first-order valence-corrected chi connectivity index (χ1v) is 6.63. The van der Waals surface area contributed by atoms with Crippen molar-refractivity contribution in [3.8, 4) is 11.4 Å². The van der Waals surface area contributed by atoms with E-state index in [1.165, 1.54) is 0 Å². The molecule has 0 saturated heterocycles. The number of methoxy groups -OCH3 is 1. The van der Waals surface area contributed by atoms with Crippen molar-refractivity contribution in [1.82, 2.24) is 19.7 Å². The average Bonchev–Trinajstić information content (AvgIpc) is 2.86. The van der Waals surface area contributed by atoms with E-state index in [2.05, 4.69) is 22.0 Å². The van der Waals surface area contributed by atoms with Crippen LogP contribution in [0.15, 0.2) is 18.3 Å². The summed E-state index contributed by atoms with van der Waals surface area (Å²) >= 11 is 6.03. The Kier molecular flexibility index (Phi) is 4.50. The van der Waals surface area contributed by atoms with Crippen LogP contribution in [0.4, 0.5) is 0 Å². The number of aromatic nitrogens is 4. The molecule has 1 atom stereocenters. The number of rotatable bonds is 5. The molecule has 2 rings (SSSR count). The highest BCUT2D eigenvalue weighted by Gasteiger charge is 2.12. The molecule has 19 heavy (non-hydrogen) atoms. The van der Waals surface area contributed by atoms with E-state index in [1.54, 1.807) is 13.2 Å². The van der Waals surface area contributed by atoms with Crippen molar-refractivity contribution in [2.75, 3.05) is 7.11 Å². The van der Waals surface area contributed by atoms with E-state index in [9.17, 15) is 0 Å². The zero-order valence-electron chi connectivity index (χ0n) is 11.3. The number of aryl methyl sites for hydroxylation is 1. The van der Waals surface area contributed by atoms with E-state index in [4.69, 9.17) is 16.3 Å². The van der Waals surface area contributed by atoms with Crippen LogP contribution in [-0.2, 0) is 11.3 Å². The summed E-state index contributed by atoms with van der Waals surface area (Å²) in [4.78, 5) is 8.62. The lowest BCUT2D eigenvalue weighted by Gasteiger charge is -2.09. The summed E-state index contributed by atoms with van der Waals surface area (Å²) in [5.74, 6) is 0.565. The van der Waals surface area contributed by atoms with Crippen LogP contribution in [0.5, 0.6) is 0 Å². The summed E-state index contributed by atoms with van der Waals surface area (Å²) in [6.07, 6.45) is 2.78. The number of halogens is 1. The summed E-state index contributed by atoms with van der Waals surface area (Å²) in [6, 6.07) is 3.64. The molecule has 5 nitrogen and oxygen atoms in total. The first kappa shape index (κ1) is 14.0. The van der Waals surface area contributed by atoms with Gasteiger partial charge in [-0.25, -0.2) is 9.97 Å². The second-order valence-corrected chi connectivity index (χ2v) is 4.66. The lowest BCUT2D eigenvalue weighted by atomic mass is 10.3. The minimum atomic E-state index is -0.199. The van der Waals surface area contributed by atoms with Crippen molar-refractivity contribution in [2.24, 2.45) is 0 Å². The third kappa shape index (κ3) is 3.30. The second kappa shape index (κ2) is 6.12. The Bertz CT molecular complexity index is 555. The molecule has 0 bridgehead atoms. The maximum atomic E-state index is 6.03. The number of nitrogens with zero attached hydrogens (tertiary/aromatic N) is 4. The van der Waals surface area contributed by atoms with Crippen LogP contribution in [0.25, 0.3) is 11.4 Å². The van der Waals surface area contributed by atoms with Gasteiger partial charge in [0.1, 0.15) is 17.0 Å². The van der Waals surface area contributed by atoms with Crippen molar-refractivity contribution in [1.29, 1.82) is 0 Å². The lowest BCUT2D eigenvalue weighted by molar-refractivity contribution is 0.112. The second-order valence-electron chi connectivity index (χ2n) is 4.28. The molecule has 6 heteroatoms. The fourth-order valence-electron chi connectivity index (χ4n) is 1.71. The van der Waals surface area contributed by atoms with Gasteiger partial charge in [0.25, 0.3) is 0 Å². The highest BCUT2D eigenvalue weighted by atomic mass is 35.5. The van der Waals surface area contributed by atoms with Crippen LogP contribution >= 0.6 is 11.6 Å². The standard InChI is InChI=1S/C13H17ClN4O/c1-4-6-18-7-5-10(17-18)11-8-12(14)16-13(15-11)9(2)19-3/h5,7-9H,4,6H2,1-3H3/t9-/m1/s1. The largest absolute Gasteiger partial charge is 0.374 e. The molecule has 0 aliphatic heterocycles. The molecule has 0 aliphatic rings. The Morgan fingerprint density at radius 2 is 2.16 bits per heavy atom. The Balaban J connectivity index is 2.35. The first-order chi connectivity index (χ1) is 9.13. The van der Waals surface area contributed by atoms with Gasteiger partial charge in [0.05, 0.1) is 5.69 Å². The third-order valence-corrected chi connectivity index (χ3v) is 2.98. The van der Waals surface area contributed by atoms with Gasteiger partial charge in [0, 0.05) is 25.9 Å². The fourth-order valence-corrected chi connectivity index (χ4v) is 1.90. The van der Waals surface area contributed by atoms with Gasteiger partial charge < -0.3 is 4.74 Å². The molecule has 0 aromatic carbocycles. The van der Waals surface area contributed by atoms with Crippen LogP contribution in [0.3, 0.4) is 0 Å². The Hall–Kier alpha value is -1.46. The van der Waals surface area contributed by atoms with Gasteiger partial charge in [-0.2, -0.15) is 5.10 Å². The van der Waals surface area contributed by atoms with Crippen LogP contribution in [0, 0.1) is 0 Å². The lowest BCUT2D eigenvalue weighted by Crippen LogP contribution is -2.04. The first-order valence-electron chi connectivity index (χ1n) is 6.25. The molecule has 0 spiro atoms. The molecule has 2 aromatic heterocycles. The summed E-state index contributed by atoms with van der Waals surface area (Å²) < 4.78 is 7.11. The highest BCUT2D eigenvalue weighted by molar-refractivity contribution is 6.29. The molecule has 0 fully saturated rings. The SMILES string of the molecule is CCCn1ccc(-c2cc(Cl)nc([C@@H](C)OC)n2)n1. The normalized spacial score (nSPS) is 12.6. The Morgan fingerprint density at radius 3 is 2.84 bits per heavy atom. The van der Waals surface area contributed by atoms with Gasteiger partial charge in [-0.1, -0.05) is 18.5 Å². The van der Waals surface area contributed by atoms with Gasteiger partial charge in [0.15, 0.2) is 5.82 Å². The molecule has 0 unspecified atom stereocenters.